The first-order valence-corrected chi connectivity index (χ1v) is 11.0. The molecule has 0 aliphatic carbocycles. The number of morpholine rings is 1. The molecule has 3 rings (SSSR count). The summed E-state index contributed by atoms with van der Waals surface area (Å²) in [6.07, 6.45) is 1.40. The van der Waals surface area contributed by atoms with Gasteiger partial charge in [-0.1, -0.05) is 23.7 Å². The van der Waals surface area contributed by atoms with Gasteiger partial charge in [-0.2, -0.15) is 0 Å². The molecule has 2 atom stereocenters. The van der Waals surface area contributed by atoms with Crippen molar-refractivity contribution in [3.8, 4) is 11.5 Å². The Labute approximate surface area is 189 Å². The average Bonchev–Trinajstić information content (AvgIpc) is 2.75. The molecule has 6 nitrogen and oxygen atoms in total. The molecular formula is C24H31ClN2O4. The SMILES string of the molecule is COc1cc(C(=O)NCCCN2CC(C)OC(C)C2)ccc1OCc1ccc(Cl)cc1. The quantitative estimate of drug-likeness (QED) is 0.586. The number of halogens is 1. The van der Waals surface area contributed by atoms with Crippen molar-refractivity contribution < 1.29 is 19.0 Å². The number of hydrogen-bond donors (Lipinski definition) is 1. The maximum Gasteiger partial charge on any atom is 0.251 e. The summed E-state index contributed by atoms with van der Waals surface area (Å²) in [6.45, 7) is 8.02. The van der Waals surface area contributed by atoms with E-state index in [-0.39, 0.29) is 18.1 Å². The molecule has 31 heavy (non-hydrogen) atoms. The lowest BCUT2D eigenvalue weighted by atomic mass is 10.1. The zero-order valence-electron chi connectivity index (χ0n) is 18.4. The van der Waals surface area contributed by atoms with Gasteiger partial charge in [-0.15, -0.1) is 0 Å². The normalized spacial score (nSPS) is 19.1. The van der Waals surface area contributed by atoms with E-state index in [2.05, 4.69) is 24.1 Å². The summed E-state index contributed by atoms with van der Waals surface area (Å²) < 4.78 is 17.0. The molecule has 1 aliphatic rings. The van der Waals surface area contributed by atoms with Crippen LogP contribution in [0.1, 0.15) is 36.2 Å². The smallest absolute Gasteiger partial charge is 0.251 e. The van der Waals surface area contributed by atoms with Gasteiger partial charge in [0.1, 0.15) is 6.61 Å². The number of ether oxygens (including phenoxy) is 3. The van der Waals surface area contributed by atoms with Gasteiger partial charge in [0.25, 0.3) is 5.91 Å². The molecule has 0 bridgehead atoms. The van der Waals surface area contributed by atoms with E-state index in [4.69, 9.17) is 25.8 Å². The van der Waals surface area contributed by atoms with Crippen LogP contribution in [0.4, 0.5) is 0 Å². The zero-order valence-corrected chi connectivity index (χ0v) is 19.2. The molecule has 1 saturated heterocycles. The van der Waals surface area contributed by atoms with Crippen molar-refractivity contribution in [3.63, 3.8) is 0 Å². The number of hydrogen-bond acceptors (Lipinski definition) is 5. The van der Waals surface area contributed by atoms with Gasteiger partial charge in [-0.05, 0) is 56.2 Å². The van der Waals surface area contributed by atoms with Crippen molar-refractivity contribution in [1.82, 2.24) is 10.2 Å². The van der Waals surface area contributed by atoms with E-state index in [0.29, 0.717) is 35.2 Å². The highest BCUT2D eigenvalue weighted by Crippen LogP contribution is 2.29. The van der Waals surface area contributed by atoms with E-state index in [1.807, 2.05) is 24.3 Å². The van der Waals surface area contributed by atoms with Crippen LogP contribution in [-0.4, -0.2) is 56.3 Å². The summed E-state index contributed by atoms with van der Waals surface area (Å²) in [7, 11) is 1.57. The van der Waals surface area contributed by atoms with Gasteiger partial charge in [0.15, 0.2) is 11.5 Å². The predicted molar refractivity (Wildman–Crippen MR) is 122 cm³/mol. The van der Waals surface area contributed by atoms with Crippen LogP contribution in [0.5, 0.6) is 11.5 Å². The molecule has 0 radical (unpaired) electrons. The minimum Gasteiger partial charge on any atom is -0.493 e. The summed E-state index contributed by atoms with van der Waals surface area (Å²) in [5.74, 6) is 0.994. The van der Waals surface area contributed by atoms with Crippen molar-refractivity contribution in [2.45, 2.75) is 39.1 Å². The second kappa shape index (κ2) is 11.4. The summed E-state index contributed by atoms with van der Waals surface area (Å²) in [5.41, 5.74) is 1.54. The van der Waals surface area contributed by atoms with Crippen LogP contribution in [0.2, 0.25) is 5.02 Å². The van der Waals surface area contributed by atoms with Crippen molar-refractivity contribution in [1.29, 1.82) is 0 Å². The molecule has 1 amide bonds. The fourth-order valence-electron chi connectivity index (χ4n) is 3.74. The Balaban J connectivity index is 1.47. The van der Waals surface area contributed by atoms with Crippen LogP contribution in [0.3, 0.4) is 0 Å². The topological polar surface area (TPSA) is 60.0 Å². The summed E-state index contributed by atoms with van der Waals surface area (Å²) in [4.78, 5) is 14.9. The van der Waals surface area contributed by atoms with Crippen LogP contribution in [-0.2, 0) is 11.3 Å². The molecule has 1 heterocycles. The molecule has 2 aromatic carbocycles. The van der Waals surface area contributed by atoms with Crippen LogP contribution in [0, 0.1) is 0 Å². The van der Waals surface area contributed by atoms with Gasteiger partial charge in [0.05, 0.1) is 19.3 Å². The van der Waals surface area contributed by atoms with Gasteiger partial charge < -0.3 is 19.5 Å². The number of benzene rings is 2. The number of amides is 1. The van der Waals surface area contributed by atoms with E-state index in [0.717, 1.165) is 31.6 Å². The van der Waals surface area contributed by atoms with E-state index in [1.54, 1.807) is 25.3 Å². The molecule has 1 fully saturated rings. The van der Waals surface area contributed by atoms with Crippen LogP contribution in [0.15, 0.2) is 42.5 Å². The molecule has 168 valence electrons. The third kappa shape index (κ3) is 7.13. The molecule has 1 aliphatic heterocycles. The Morgan fingerprint density at radius 2 is 1.84 bits per heavy atom. The van der Waals surface area contributed by atoms with Gasteiger partial charge in [0, 0.05) is 36.8 Å². The standard InChI is InChI=1S/C24H31ClN2O4/c1-17-14-27(15-18(2)31-17)12-4-11-26-24(28)20-7-10-22(23(13-20)29-3)30-16-19-5-8-21(25)9-6-19/h5-10,13,17-18H,4,11-12,14-16H2,1-3H3,(H,26,28). The number of nitrogens with one attached hydrogen (secondary N) is 1. The lowest BCUT2D eigenvalue weighted by Gasteiger charge is -2.35. The first-order chi connectivity index (χ1) is 14.9. The van der Waals surface area contributed by atoms with Crippen molar-refractivity contribution in [2.24, 2.45) is 0 Å². The highest BCUT2D eigenvalue weighted by atomic mass is 35.5. The lowest BCUT2D eigenvalue weighted by molar-refractivity contribution is -0.0679. The Morgan fingerprint density at radius 1 is 1.13 bits per heavy atom. The van der Waals surface area contributed by atoms with Gasteiger partial charge in [-0.25, -0.2) is 0 Å². The number of carbonyl (C=O) groups is 1. The number of methoxy groups -OCH3 is 1. The van der Waals surface area contributed by atoms with Gasteiger partial charge in [-0.3, -0.25) is 9.69 Å². The Bertz CT molecular complexity index is 849. The first-order valence-electron chi connectivity index (χ1n) is 10.7. The maximum atomic E-state index is 12.5. The fourth-order valence-corrected chi connectivity index (χ4v) is 3.87. The predicted octanol–water partition coefficient (Wildman–Crippen LogP) is 4.16. The molecular weight excluding hydrogens is 416 g/mol. The van der Waals surface area contributed by atoms with Crippen LogP contribution in [0.25, 0.3) is 0 Å². The van der Waals surface area contributed by atoms with E-state index >= 15 is 0 Å². The first kappa shape index (κ1) is 23.4. The van der Waals surface area contributed by atoms with E-state index in [1.165, 1.54) is 0 Å². The molecule has 2 unspecified atom stereocenters. The lowest BCUT2D eigenvalue weighted by Crippen LogP contribution is -2.46. The summed E-state index contributed by atoms with van der Waals surface area (Å²) in [6, 6.07) is 12.7. The number of nitrogens with zero attached hydrogens (tertiary/aromatic N) is 1. The van der Waals surface area contributed by atoms with Crippen LogP contribution >= 0.6 is 11.6 Å². The fraction of sp³-hybridized carbons (Fsp3) is 0.458. The zero-order chi connectivity index (χ0) is 22.2. The largest absolute Gasteiger partial charge is 0.493 e. The Morgan fingerprint density at radius 3 is 2.52 bits per heavy atom. The third-order valence-electron chi connectivity index (χ3n) is 5.17. The second-order valence-electron chi connectivity index (χ2n) is 7.91. The van der Waals surface area contributed by atoms with Crippen molar-refractivity contribution in [3.05, 3.63) is 58.6 Å². The van der Waals surface area contributed by atoms with E-state index in [9.17, 15) is 4.79 Å². The summed E-state index contributed by atoms with van der Waals surface area (Å²) >= 11 is 5.91. The number of rotatable bonds is 9. The van der Waals surface area contributed by atoms with Gasteiger partial charge in [0.2, 0.25) is 0 Å². The molecule has 1 N–H and O–H groups in total. The Hall–Kier alpha value is -2.28. The Kier molecular flexibility index (Phi) is 8.58. The molecule has 2 aromatic rings. The van der Waals surface area contributed by atoms with Crippen molar-refractivity contribution >= 4 is 17.5 Å². The third-order valence-corrected chi connectivity index (χ3v) is 5.42. The monoisotopic (exact) mass is 446 g/mol. The average molecular weight is 447 g/mol. The number of carbonyl (C=O) groups excluding carboxylic acids is 1. The highest BCUT2D eigenvalue weighted by Gasteiger charge is 2.21. The van der Waals surface area contributed by atoms with Crippen LogP contribution < -0.4 is 14.8 Å². The van der Waals surface area contributed by atoms with E-state index < -0.39 is 0 Å². The molecule has 0 spiro atoms. The van der Waals surface area contributed by atoms with Crippen molar-refractivity contribution in [2.75, 3.05) is 33.3 Å². The molecule has 0 saturated carbocycles. The molecule has 0 aromatic heterocycles. The minimum absolute atomic E-state index is 0.119. The maximum absolute atomic E-state index is 12.5. The minimum atomic E-state index is -0.119. The highest BCUT2D eigenvalue weighted by molar-refractivity contribution is 6.30. The van der Waals surface area contributed by atoms with Gasteiger partial charge >= 0.3 is 0 Å². The molecule has 7 heteroatoms. The second-order valence-corrected chi connectivity index (χ2v) is 8.34. The summed E-state index contributed by atoms with van der Waals surface area (Å²) in [5, 5.41) is 3.68.